The van der Waals surface area contributed by atoms with Crippen LogP contribution in [-0.2, 0) is 26.0 Å². The standard InChI is InChI=1S/C19H25N3O5S2/c1-5-22(6-2)29(25,26)15-10-7-14(8-11-15)9-12-16(23)21-19-20-13(3)17(28-19)18(24)27-4/h7-8,10-11H,5-6,9,12H2,1-4H3,(H,20,21,23). The second kappa shape index (κ2) is 9.95. The SMILES string of the molecule is CCN(CC)S(=O)(=O)c1ccc(CCC(=O)Nc2nc(C)c(C(=O)OC)s2)cc1. The summed E-state index contributed by atoms with van der Waals surface area (Å²) in [6, 6.07) is 6.56. The molecule has 10 heteroatoms. The summed E-state index contributed by atoms with van der Waals surface area (Å²) in [5.41, 5.74) is 1.35. The average molecular weight is 440 g/mol. The minimum Gasteiger partial charge on any atom is -0.465 e. The van der Waals surface area contributed by atoms with Crippen molar-refractivity contribution >= 4 is 38.4 Å². The van der Waals surface area contributed by atoms with Crippen LogP contribution in [0.15, 0.2) is 29.2 Å². The van der Waals surface area contributed by atoms with Crippen LogP contribution in [0.3, 0.4) is 0 Å². The molecular formula is C19H25N3O5S2. The number of anilines is 1. The number of amides is 1. The normalized spacial score (nSPS) is 11.5. The van der Waals surface area contributed by atoms with Gasteiger partial charge in [-0.05, 0) is 31.0 Å². The Morgan fingerprint density at radius 3 is 2.34 bits per heavy atom. The van der Waals surface area contributed by atoms with Crippen molar-refractivity contribution in [2.45, 2.75) is 38.5 Å². The second-order valence-corrected chi connectivity index (χ2v) is 9.14. The minimum absolute atomic E-state index is 0.203. The summed E-state index contributed by atoms with van der Waals surface area (Å²) < 4.78 is 31.1. The van der Waals surface area contributed by atoms with Gasteiger partial charge in [0, 0.05) is 19.5 Å². The molecule has 1 aromatic heterocycles. The zero-order chi connectivity index (χ0) is 21.6. The second-order valence-electron chi connectivity index (χ2n) is 6.21. The highest BCUT2D eigenvalue weighted by Gasteiger charge is 2.21. The first-order valence-corrected chi connectivity index (χ1v) is 11.4. The fourth-order valence-corrected chi connectivity index (χ4v) is 5.07. The van der Waals surface area contributed by atoms with Crippen LogP contribution < -0.4 is 5.32 Å². The number of thiazole rings is 1. The molecule has 0 aliphatic carbocycles. The molecule has 1 heterocycles. The van der Waals surface area contributed by atoms with E-state index in [-0.39, 0.29) is 17.2 Å². The number of carbonyl (C=O) groups excluding carboxylic acids is 2. The molecule has 0 atom stereocenters. The summed E-state index contributed by atoms with van der Waals surface area (Å²) in [7, 11) is -2.20. The van der Waals surface area contributed by atoms with Crippen molar-refractivity contribution in [3.05, 3.63) is 40.4 Å². The molecule has 1 aromatic carbocycles. The number of ether oxygens (including phenoxy) is 1. The van der Waals surface area contributed by atoms with E-state index in [0.29, 0.717) is 35.2 Å². The van der Waals surface area contributed by atoms with E-state index >= 15 is 0 Å². The number of nitrogens with one attached hydrogen (secondary N) is 1. The summed E-state index contributed by atoms with van der Waals surface area (Å²) in [6.45, 7) is 6.09. The lowest BCUT2D eigenvalue weighted by Gasteiger charge is -2.18. The lowest BCUT2D eigenvalue weighted by Crippen LogP contribution is -2.30. The van der Waals surface area contributed by atoms with Gasteiger partial charge in [0.1, 0.15) is 4.88 Å². The first-order chi connectivity index (χ1) is 13.7. The molecule has 1 N–H and O–H groups in total. The molecule has 2 aromatic rings. The van der Waals surface area contributed by atoms with E-state index in [1.54, 1.807) is 45.0 Å². The lowest BCUT2D eigenvalue weighted by atomic mass is 10.1. The van der Waals surface area contributed by atoms with Crippen LogP contribution in [-0.4, -0.2) is 49.8 Å². The summed E-state index contributed by atoms with van der Waals surface area (Å²) in [6.07, 6.45) is 0.653. The molecule has 0 saturated heterocycles. The number of carbonyl (C=O) groups is 2. The molecule has 0 saturated carbocycles. The van der Waals surface area contributed by atoms with Gasteiger partial charge < -0.3 is 10.1 Å². The Kier molecular flexibility index (Phi) is 7.88. The number of esters is 1. The van der Waals surface area contributed by atoms with Crippen molar-refractivity contribution in [2.24, 2.45) is 0 Å². The van der Waals surface area contributed by atoms with Crippen LogP contribution >= 0.6 is 11.3 Å². The molecule has 0 unspecified atom stereocenters. The van der Waals surface area contributed by atoms with Gasteiger partial charge in [-0.25, -0.2) is 18.2 Å². The number of hydrogen-bond acceptors (Lipinski definition) is 7. The molecule has 0 fully saturated rings. The van der Waals surface area contributed by atoms with Gasteiger partial charge in [-0.15, -0.1) is 0 Å². The lowest BCUT2D eigenvalue weighted by molar-refractivity contribution is -0.116. The third-order valence-electron chi connectivity index (χ3n) is 4.32. The molecule has 1 amide bonds. The van der Waals surface area contributed by atoms with Crippen LogP contribution in [0.5, 0.6) is 0 Å². The number of rotatable bonds is 9. The fraction of sp³-hybridized carbons (Fsp3) is 0.421. The molecule has 0 bridgehead atoms. The van der Waals surface area contributed by atoms with Gasteiger partial charge in [0.2, 0.25) is 15.9 Å². The number of methoxy groups -OCH3 is 1. The van der Waals surface area contributed by atoms with E-state index in [9.17, 15) is 18.0 Å². The predicted molar refractivity (Wildman–Crippen MR) is 112 cm³/mol. The highest BCUT2D eigenvalue weighted by atomic mass is 32.2. The molecule has 2 rings (SSSR count). The Morgan fingerprint density at radius 2 is 1.79 bits per heavy atom. The van der Waals surface area contributed by atoms with Crippen LogP contribution in [0.25, 0.3) is 0 Å². The van der Waals surface area contributed by atoms with Gasteiger partial charge >= 0.3 is 5.97 Å². The number of hydrogen-bond donors (Lipinski definition) is 1. The number of nitrogens with zero attached hydrogens (tertiary/aromatic N) is 2. The molecule has 29 heavy (non-hydrogen) atoms. The van der Waals surface area contributed by atoms with Gasteiger partial charge in [0.25, 0.3) is 0 Å². The highest BCUT2D eigenvalue weighted by Crippen LogP contribution is 2.23. The largest absolute Gasteiger partial charge is 0.465 e. The Hall–Kier alpha value is -2.30. The molecule has 0 radical (unpaired) electrons. The van der Waals surface area contributed by atoms with Crippen molar-refractivity contribution in [2.75, 3.05) is 25.5 Å². The van der Waals surface area contributed by atoms with Gasteiger partial charge in [-0.1, -0.05) is 37.3 Å². The fourth-order valence-electron chi connectivity index (χ4n) is 2.71. The first-order valence-electron chi connectivity index (χ1n) is 9.17. The molecule has 158 valence electrons. The summed E-state index contributed by atoms with van der Waals surface area (Å²) in [5, 5.41) is 3.02. The Morgan fingerprint density at radius 1 is 1.17 bits per heavy atom. The minimum atomic E-state index is -3.49. The molecule has 8 nitrogen and oxygen atoms in total. The zero-order valence-corrected chi connectivity index (χ0v) is 18.5. The van der Waals surface area contributed by atoms with Crippen LogP contribution in [0.1, 0.15) is 41.2 Å². The van der Waals surface area contributed by atoms with Crippen LogP contribution in [0.2, 0.25) is 0 Å². The average Bonchev–Trinajstić information content (AvgIpc) is 3.06. The predicted octanol–water partition coefficient (Wildman–Crippen LogP) is 2.84. The van der Waals surface area contributed by atoms with E-state index < -0.39 is 16.0 Å². The maximum Gasteiger partial charge on any atom is 0.350 e. The maximum absolute atomic E-state index is 12.5. The summed E-state index contributed by atoms with van der Waals surface area (Å²) in [4.78, 5) is 28.5. The van der Waals surface area contributed by atoms with Gasteiger partial charge in [0.15, 0.2) is 5.13 Å². The van der Waals surface area contributed by atoms with Gasteiger partial charge in [0.05, 0.1) is 17.7 Å². The molecule has 0 aliphatic heterocycles. The first kappa shape index (κ1) is 23.0. The number of aryl methyl sites for hydroxylation is 2. The van der Waals surface area contributed by atoms with Crippen molar-refractivity contribution < 1.29 is 22.7 Å². The topological polar surface area (TPSA) is 106 Å². The van der Waals surface area contributed by atoms with Crippen LogP contribution in [0, 0.1) is 6.92 Å². The monoisotopic (exact) mass is 439 g/mol. The Balaban J connectivity index is 1.97. The molecule has 0 spiro atoms. The van der Waals surface area contributed by atoms with Crippen molar-refractivity contribution in [1.82, 2.24) is 9.29 Å². The summed E-state index contributed by atoms with van der Waals surface area (Å²) in [5.74, 6) is -0.727. The number of sulfonamides is 1. The van der Waals surface area contributed by atoms with E-state index in [1.165, 1.54) is 11.4 Å². The third kappa shape index (κ3) is 5.62. The van der Waals surface area contributed by atoms with Gasteiger partial charge in [-0.3, -0.25) is 4.79 Å². The van der Waals surface area contributed by atoms with E-state index in [2.05, 4.69) is 15.0 Å². The van der Waals surface area contributed by atoms with Gasteiger partial charge in [-0.2, -0.15) is 4.31 Å². The van der Waals surface area contributed by atoms with Crippen molar-refractivity contribution in [3.8, 4) is 0 Å². The highest BCUT2D eigenvalue weighted by molar-refractivity contribution is 7.89. The third-order valence-corrected chi connectivity index (χ3v) is 7.44. The maximum atomic E-state index is 12.5. The summed E-state index contributed by atoms with van der Waals surface area (Å²) >= 11 is 1.06. The van der Waals surface area contributed by atoms with E-state index in [4.69, 9.17) is 0 Å². The number of benzene rings is 1. The van der Waals surface area contributed by atoms with E-state index in [1.807, 2.05) is 0 Å². The molecule has 0 aliphatic rings. The van der Waals surface area contributed by atoms with Crippen molar-refractivity contribution in [1.29, 1.82) is 0 Å². The zero-order valence-electron chi connectivity index (χ0n) is 16.9. The molecular weight excluding hydrogens is 414 g/mol. The quantitative estimate of drug-likeness (QED) is 0.602. The smallest absolute Gasteiger partial charge is 0.350 e. The number of aromatic nitrogens is 1. The van der Waals surface area contributed by atoms with Crippen molar-refractivity contribution in [3.63, 3.8) is 0 Å². The Labute approximate surface area is 175 Å². The van der Waals surface area contributed by atoms with E-state index in [0.717, 1.165) is 16.9 Å². The van der Waals surface area contributed by atoms with Crippen LogP contribution in [0.4, 0.5) is 5.13 Å². The Bertz CT molecular complexity index is 964.